The maximum Gasteiger partial charge on any atom is 0.170 e. The molecule has 4 N–H and O–H groups in total. The third-order valence-corrected chi connectivity index (χ3v) is 3.56. The molecule has 1 aromatic rings. The summed E-state index contributed by atoms with van der Waals surface area (Å²) >= 11 is 1.86. The second kappa shape index (κ2) is 8.00. The predicted molar refractivity (Wildman–Crippen MR) is 78.2 cm³/mol. The van der Waals surface area contributed by atoms with E-state index in [4.69, 9.17) is 10.9 Å². The maximum absolute atomic E-state index is 8.74. The van der Waals surface area contributed by atoms with Crippen molar-refractivity contribution in [3.8, 4) is 0 Å². The van der Waals surface area contributed by atoms with E-state index >= 15 is 0 Å². The molecule has 0 spiro atoms. The van der Waals surface area contributed by atoms with Crippen LogP contribution in [0.2, 0.25) is 0 Å². The van der Waals surface area contributed by atoms with E-state index in [1.54, 1.807) is 0 Å². The summed E-state index contributed by atoms with van der Waals surface area (Å²) in [5.41, 5.74) is 7.47. The summed E-state index contributed by atoms with van der Waals surface area (Å²) in [4.78, 5) is 0. The van der Waals surface area contributed by atoms with E-state index in [1.165, 1.54) is 0 Å². The number of nitrogens with zero attached hydrogens (tertiary/aromatic N) is 1. The van der Waals surface area contributed by atoms with Crippen molar-refractivity contribution in [2.75, 3.05) is 18.6 Å². The first kappa shape index (κ1) is 14.9. The van der Waals surface area contributed by atoms with Crippen molar-refractivity contribution < 1.29 is 5.21 Å². The first-order valence-electron chi connectivity index (χ1n) is 5.94. The van der Waals surface area contributed by atoms with E-state index in [2.05, 4.69) is 23.7 Å². The lowest BCUT2D eigenvalue weighted by atomic mass is 10.1. The SMILES string of the molecule is CSCC(C)CNCc1ccccc1C(N)=NO. The molecule has 0 aliphatic heterocycles. The number of thioether (sulfide) groups is 1. The van der Waals surface area contributed by atoms with Gasteiger partial charge in [-0.2, -0.15) is 11.8 Å². The van der Waals surface area contributed by atoms with Crippen LogP contribution in [0, 0.1) is 5.92 Å². The number of hydrogen-bond donors (Lipinski definition) is 3. The van der Waals surface area contributed by atoms with Gasteiger partial charge in [-0.3, -0.25) is 0 Å². The first-order valence-corrected chi connectivity index (χ1v) is 7.33. The average Bonchev–Trinajstić information content (AvgIpc) is 2.39. The summed E-state index contributed by atoms with van der Waals surface area (Å²) in [6.45, 7) is 3.91. The highest BCUT2D eigenvalue weighted by Crippen LogP contribution is 2.09. The van der Waals surface area contributed by atoms with Crippen LogP contribution < -0.4 is 11.1 Å². The summed E-state index contributed by atoms with van der Waals surface area (Å²) in [5, 5.41) is 15.2. The molecule has 4 nitrogen and oxygen atoms in total. The van der Waals surface area contributed by atoms with E-state index in [0.29, 0.717) is 5.92 Å². The van der Waals surface area contributed by atoms with Crippen LogP contribution in [-0.4, -0.2) is 29.6 Å². The Labute approximate surface area is 113 Å². The van der Waals surface area contributed by atoms with Crippen molar-refractivity contribution in [3.63, 3.8) is 0 Å². The molecule has 5 heteroatoms. The zero-order chi connectivity index (χ0) is 13.4. The van der Waals surface area contributed by atoms with Crippen LogP contribution in [0.3, 0.4) is 0 Å². The summed E-state index contributed by atoms with van der Waals surface area (Å²) in [7, 11) is 0. The fourth-order valence-corrected chi connectivity index (χ4v) is 2.46. The monoisotopic (exact) mass is 267 g/mol. The van der Waals surface area contributed by atoms with E-state index in [1.807, 2.05) is 36.0 Å². The lowest BCUT2D eigenvalue weighted by Crippen LogP contribution is -2.24. The van der Waals surface area contributed by atoms with Gasteiger partial charge in [0.2, 0.25) is 0 Å². The fraction of sp³-hybridized carbons (Fsp3) is 0.462. The van der Waals surface area contributed by atoms with Gasteiger partial charge in [0.25, 0.3) is 0 Å². The molecule has 0 radical (unpaired) electrons. The van der Waals surface area contributed by atoms with Crippen molar-refractivity contribution >= 4 is 17.6 Å². The van der Waals surface area contributed by atoms with Gasteiger partial charge in [0.05, 0.1) is 0 Å². The summed E-state index contributed by atoms with van der Waals surface area (Å²) in [5.74, 6) is 1.94. The van der Waals surface area contributed by atoms with Gasteiger partial charge < -0.3 is 16.3 Å². The molecule has 0 amide bonds. The van der Waals surface area contributed by atoms with Crippen molar-refractivity contribution in [2.24, 2.45) is 16.8 Å². The molecule has 1 rings (SSSR count). The van der Waals surface area contributed by atoms with Crippen molar-refractivity contribution in [2.45, 2.75) is 13.5 Å². The quantitative estimate of drug-likeness (QED) is 0.305. The topological polar surface area (TPSA) is 70.6 Å². The Morgan fingerprint density at radius 2 is 2.22 bits per heavy atom. The third kappa shape index (κ3) is 4.58. The number of nitrogens with two attached hydrogens (primary N) is 1. The number of rotatable bonds is 7. The van der Waals surface area contributed by atoms with Crippen molar-refractivity contribution in [3.05, 3.63) is 35.4 Å². The fourth-order valence-electron chi connectivity index (χ4n) is 1.77. The Balaban J connectivity index is 2.57. The minimum Gasteiger partial charge on any atom is -0.409 e. The standard InChI is InChI=1S/C13H21N3OS/c1-10(9-18-2)7-15-8-11-5-3-4-6-12(11)13(14)16-17/h3-6,10,15,17H,7-9H2,1-2H3,(H2,14,16). The molecule has 1 unspecified atom stereocenters. The van der Waals surface area contributed by atoms with Gasteiger partial charge in [0.15, 0.2) is 5.84 Å². The highest BCUT2D eigenvalue weighted by atomic mass is 32.2. The molecule has 0 fully saturated rings. The molecular formula is C13H21N3OS. The van der Waals surface area contributed by atoms with Gasteiger partial charge in [-0.05, 0) is 30.0 Å². The van der Waals surface area contributed by atoms with E-state index in [-0.39, 0.29) is 5.84 Å². The molecular weight excluding hydrogens is 246 g/mol. The number of amidine groups is 1. The van der Waals surface area contributed by atoms with Crippen LogP contribution >= 0.6 is 11.8 Å². The summed E-state index contributed by atoms with van der Waals surface area (Å²) in [6.07, 6.45) is 2.12. The minimum absolute atomic E-state index is 0.157. The van der Waals surface area contributed by atoms with Crippen LogP contribution in [0.4, 0.5) is 0 Å². The Morgan fingerprint density at radius 1 is 1.50 bits per heavy atom. The second-order valence-corrected chi connectivity index (χ2v) is 5.24. The molecule has 1 aromatic carbocycles. The normalized spacial score (nSPS) is 13.6. The molecule has 0 heterocycles. The molecule has 0 aromatic heterocycles. The predicted octanol–water partition coefficient (Wildman–Crippen LogP) is 1.87. The van der Waals surface area contributed by atoms with Gasteiger partial charge >= 0.3 is 0 Å². The van der Waals surface area contributed by atoms with Crippen LogP contribution in [-0.2, 0) is 6.54 Å². The van der Waals surface area contributed by atoms with Crippen LogP contribution in [0.5, 0.6) is 0 Å². The third-order valence-electron chi connectivity index (χ3n) is 2.66. The minimum atomic E-state index is 0.157. The lowest BCUT2D eigenvalue weighted by Gasteiger charge is -2.13. The zero-order valence-corrected chi connectivity index (χ0v) is 11.7. The van der Waals surface area contributed by atoms with Gasteiger partial charge in [0.1, 0.15) is 0 Å². The van der Waals surface area contributed by atoms with Gasteiger partial charge in [0, 0.05) is 12.1 Å². The number of benzene rings is 1. The zero-order valence-electron chi connectivity index (χ0n) is 10.9. The smallest absolute Gasteiger partial charge is 0.170 e. The molecule has 0 bridgehead atoms. The first-order chi connectivity index (χ1) is 8.69. The molecule has 100 valence electrons. The molecule has 0 saturated heterocycles. The molecule has 18 heavy (non-hydrogen) atoms. The summed E-state index contributed by atoms with van der Waals surface area (Å²) < 4.78 is 0. The van der Waals surface area contributed by atoms with Crippen LogP contribution in [0.25, 0.3) is 0 Å². The Hall–Kier alpha value is -1.20. The van der Waals surface area contributed by atoms with Crippen LogP contribution in [0.1, 0.15) is 18.1 Å². The number of hydrogen-bond acceptors (Lipinski definition) is 4. The van der Waals surface area contributed by atoms with Gasteiger partial charge in [-0.1, -0.05) is 36.3 Å². The maximum atomic E-state index is 8.74. The molecule has 0 saturated carbocycles. The average molecular weight is 267 g/mol. The van der Waals surface area contributed by atoms with Gasteiger partial charge in [-0.25, -0.2) is 0 Å². The Morgan fingerprint density at radius 3 is 2.89 bits per heavy atom. The number of nitrogens with one attached hydrogen (secondary N) is 1. The van der Waals surface area contributed by atoms with E-state index in [0.717, 1.165) is 30.0 Å². The van der Waals surface area contributed by atoms with Crippen molar-refractivity contribution in [1.82, 2.24) is 5.32 Å². The van der Waals surface area contributed by atoms with E-state index < -0.39 is 0 Å². The summed E-state index contributed by atoms with van der Waals surface area (Å²) in [6, 6.07) is 7.68. The molecule has 0 aliphatic carbocycles. The molecule has 1 atom stereocenters. The second-order valence-electron chi connectivity index (χ2n) is 4.33. The lowest BCUT2D eigenvalue weighted by molar-refractivity contribution is 0.318. The Bertz CT molecular complexity index is 396. The van der Waals surface area contributed by atoms with Crippen molar-refractivity contribution in [1.29, 1.82) is 0 Å². The Kier molecular flexibility index (Phi) is 6.60. The largest absolute Gasteiger partial charge is 0.409 e. The number of oxime groups is 1. The van der Waals surface area contributed by atoms with Gasteiger partial charge in [-0.15, -0.1) is 0 Å². The highest BCUT2D eigenvalue weighted by molar-refractivity contribution is 7.98. The van der Waals surface area contributed by atoms with Crippen LogP contribution in [0.15, 0.2) is 29.4 Å². The molecule has 0 aliphatic rings. The van der Waals surface area contributed by atoms with E-state index in [9.17, 15) is 0 Å². The highest BCUT2D eigenvalue weighted by Gasteiger charge is 2.06.